The van der Waals surface area contributed by atoms with Gasteiger partial charge in [0.1, 0.15) is 0 Å². The van der Waals surface area contributed by atoms with Crippen LogP contribution in [0.4, 0.5) is 4.79 Å². The van der Waals surface area contributed by atoms with Gasteiger partial charge in [0, 0.05) is 26.3 Å². The first-order chi connectivity index (χ1) is 9.92. The number of ether oxygens (including phenoxy) is 1. The number of aliphatic hydroxyl groups excluding tert-OH is 1. The van der Waals surface area contributed by atoms with E-state index in [1.54, 1.807) is 0 Å². The normalized spacial score (nSPS) is 19.6. The molecule has 2 amide bonds. The number of rotatable bonds is 7. The van der Waals surface area contributed by atoms with Crippen LogP contribution in [0.2, 0.25) is 0 Å². The van der Waals surface area contributed by atoms with Crippen LogP contribution in [0.25, 0.3) is 0 Å². The molecule has 1 atom stereocenters. The van der Waals surface area contributed by atoms with Crippen LogP contribution in [0, 0.1) is 11.3 Å². The number of nitrogens with one attached hydrogen (secondary N) is 1. The minimum Gasteiger partial charge on any atom is -0.396 e. The number of piperidine rings is 1. The molecule has 0 bridgehead atoms. The molecule has 1 aliphatic rings. The molecule has 0 saturated carbocycles. The Balaban J connectivity index is 2.30. The van der Waals surface area contributed by atoms with E-state index in [-0.39, 0.29) is 24.1 Å². The molecule has 1 heterocycles. The van der Waals surface area contributed by atoms with Gasteiger partial charge in [0.05, 0.1) is 12.6 Å². The summed E-state index contributed by atoms with van der Waals surface area (Å²) in [5, 5.41) is 12.5. The number of aliphatic hydroxyl groups is 1. The Morgan fingerprint density at radius 1 is 1.29 bits per heavy atom. The summed E-state index contributed by atoms with van der Waals surface area (Å²) in [4.78, 5) is 14.0. The van der Waals surface area contributed by atoms with Crippen molar-refractivity contribution in [2.75, 3.05) is 32.9 Å². The van der Waals surface area contributed by atoms with E-state index in [0.717, 1.165) is 39.0 Å². The minimum atomic E-state index is -0.0155. The fourth-order valence-electron chi connectivity index (χ4n) is 2.63. The first-order valence-corrected chi connectivity index (χ1v) is 8.16. The highest BCUT2D eigenvalue weighted by Crippen LogP contribution is 2.34. The van der Waals surface area contributed by atoms with Crippen molar-refractivity contribution in [3.05, 3.63) is 0 Å². The van der Waals surface area contributed by atoms with E-state index in [1.165, 1.54) is 0 Å². The van der Waals surface area contributed by atoms with E-state index in [9.17, 15) is 9.90 Å². The molecule has 1 saturated heterocycles. The van der Waals surface area contributed by atoms with Crippen molar-refractivity contribution < 1.29 is 14.6 Å². The summed E-state index contributed by atoms with van der Waals surface area (Å²) in [7, 11) is 0. The summed E-state index contributed by atoms with van der Waals surface area (Å²) < 4.78 is 5.55. The van der Waals surface area contributed by atoms with E-state index in [2.05, 4.69) is 26.1 Å². The van der Waals surface area contributed by atoms with Gasteiger partial charge in [-0.2, -0.15) is 0 Å². The number of hydrogen-bond donors (Lipinski definition) is 2. The summed E-state index contributed by atoms with van der Waals surface area (Å²) in [6.07, 6.45) is 2.73. The van der Waals surface area contributed by atoms with E-state index in [0.29, 0.717) is 12.5 Å². The number of carbonyl (C=O) groups excluding carboxylic acids is 1. The lowest BCUT2D eigenvalue weighted by Crippen LogP contribution is -2.50. The largest absolute Gasteiger partial charge is 0.396 e. The molecular formula is C16H32N2O3. The molecule has 1 fully saturated rings. The summed E-state index contributed by atoms with van der Waals surface area (Å²) >= 11 is 0. The summed E-state index contributed by atoms with van der Waals surface area (Å²) in [6.45, 7) is 11.2. The minimum absolute atomic E-state index is 0.0155. The molecule has 21 heavy (non-hydrogen) atoms. The van der Waals surface area contributed by atoms with Crippen molar-refractivity contribution in [3.63, 3.8) is 0 Å². The number of nitrogens with zero attached hydrogens (tertiary/aromatic N) is 1. The van der Waals surface area contributed by atoms with Crippen LogP contribution >= 0.6 is 0 Å². The number of hydrogen-bond acceptors (Lipinski definition) is 3. The van der Waals surface area contributed by atoms with E-state index in [4.69, 9.17) is 4.74 Å². The Bertz CT molecular complexity index is 307. The van der Waals surface area contributed by atoms with Crippen molar-refractivity contribution in [1.82, 2.24) is 10.2 Å². The number of amides is 2. The standard InChI is InChI=1S/C16H32N2O3/c1-5-16(12-19)6-8-18(9-7-16)15(20)17-14(4)11-21-10-13(2)3/h13-14,19H,5-12H2,1-4H3,(H,17,20). The van der Waals surface area contributed by atoms with E-state index >= 15 is 0 Å². The molecule has 5 heteroatoms. The van der Waals surface area contributed by atoms with E-state index in [1.807, 2.05) is 11.8 Å². The maximum absolute atomic E-state index is 12.2. The van der Waals surface area contributed by atoms with Crippen LogP contribution in [0.1, 0.15) is 47.0 Å². The van der Waals surface area contributed by atoms with Crippen LogP contribution in [-0.4, -0.2) is 55.0 Å². The highest BCUT2D eigenvalue weighted by Gasteiger charge is 2.34. The Morgan fingerprint density at radius 2 is 1.90 bits per heavy atom. The predicted octanol–water partition coefficient (Wildman–Crippen LogP) is 2.24. The molecule has 0 radical (unpaired) electrons. The van der Waals surface area contributed by atoms with Gasteiger partial charge in [0.25, 0.3) is 0 Å². The van der Waals surface area contributed by atoms with E-state index < -0.39 is 0 Å². The van der Waals surface area contributed by atoms with Gasteiger partial charge in [-0.25, -0.2) is 4.79 Å². The van der Waals surface area contributed by atoms with Gasteiger partial charge < -0.3 is 20.1 Å². The van der Waals surface area contributed by atoms with Gasteiger partial charge in [0.15, 0.2) is 0 Å². The Labute approximate surface area is 129 Å². The average molecular weight is 300 g/mol. The molecule has 2 N–H and O–H groups in total. The zero-order chi connectivity index (χ0) is 15.9. The van der Waals surface area contributed by atoms with Crippen molar-refractivity contribution in [2.45, 2.75) is 53.0 Å². The second-order valence-corrected chi connectivity index (χ2v) is 6.78. The smallest absolute Gasteiger partial charge is 0.317 e. The molecule has 0 aliphatic carbocycles. The molecule has 0 aromatic carbocycles. The molecule has 1 rings (SSSR count). The first-order valence-electron chi connectivity index (χ1n) is 8.16. The SMILES string of the molecule is CCC1(CO)CCN(C(=O)NC(C)COCC(C)C)CC1. The number of likely N-dealkylation sites (tertiary alicyclic amines) is 1. The number of urea groups is 1. The monoisotopic (exact) mass is 300 g/mol. The fourth-order valence-corrected chi connectivity index (χ4v) is 2.63. The second kappa shape index (κ2) is 8.59. The summed E-state index contributed by atoms with van der Waals surface area (Å²) in [6, 6.07) is 0.00485. The molecule has 1 unspecified atom stereocenters. The zero-order valence-corrected chi connectivity index (χ0v) is 14.0. The van der Waals surface area contributed by atoms with Gasteiger partial charge >= 0.3 is 6.03 Å². The van der Waals surface area contributed by atoms with Gasteiger partial charge in [-0.05, 0) is 37.5 Å². The lowest BCUT2D eigenvalue weighted by atomic mass is 9.77. The van der Waals surface area contributed by atoms with Crippen LogP contribution in [-0.2, 0) is 4.74 Å². The maximum Gasteiger partial charge on any atom is 0.317 e. The van der Waals surface area contributed by atoms with Crippen molar-refractivity contribution in [1.29, 1.82) is 0 Å². The molecule has 0 aromatic heterocycles. The van der Waals surface area contributed by atoms with Gasteiger partial charge in [-0.3, -0.25) is 0 Å². The Kier molecular flexibility index (Phi) is 7.46. The zero-order valence-electron chi connectivity index (χ0n) is 14.0. The first kappa shape index (κ1) is 18.2. The lowest BCUT2D eigenvalue weighted by Gasteiger charge is -2.40. The van der Waals surface area contributed by atoms with Crippen molar-refractivity contribution >= 4 is 6.03 Å². The average Bonchev–Trinajstić information content (AvgIpc) is 2.46. The third-order valence-electron chi connectivity index (χ3n) is 4.39. The van der Waals surface area contributed by atoms with Crippen LogP contribution < -0.4 is 5.32 Å². The third-order valence-corrected chi connectivity index (χ3v) is 4.39. The molecule has 0 spiro atoms. The highest BCUT2D eigenvalue weighted by atomic mass is 16.5. The third kappa shape index (κ3) is 5.83. The van der Waals surface area contributed by atoms with Crippen LogP contribution in [0.3, 0.4) is 0 Å². The van der Waals surface area contributed by atoms with Gasteiger partial charge in [-0.15, -0.1) is 0 Å². The highest BCUT2D eigenvalue weighted by molar-refractivity contribution is 5.74. The molecular weight excluding hydrogens is 268 g/mol. The predicted molar refractivity (Wildman–Crippen MR) is 84.3 cm³/mol. The number of carbonyl (C=O) groups is 1. The fraction of sp³-hybridized carbons (Fsp3) is 0.938. The lowest BCUT2D eigenvalue weighted by molar-refractivity contribution is 0.0497. The Hall–Kier alpha value is -0.810. The topological polar surface area (TPSA) is 61.8 Å². The quantitative estimate of drug-likeness (QED) is 0.758. The second-order valence-electron chi connectivity index (χ2n) is 6.78. The summed E-state index contributed by atoms with van der Waals surface area (Å²) in [5.41, 5.74) is 0.0166. The molecule has 124 valence electrons. The van der Waals surface area contributed by atoms with Gasteiger partial charge in [0.2, 0.25) is 0 Å². The van der Waals surface area contributed by atoms with Crippen molar-refractivity contribution in [2.24, 2.45) is 11.3 Å². The van der Waals surface area contributed by atoms with Crippen LogP contribution in [0.15, 0.2) is 0 Å². The maximum atomic E-state index is 12.2. The molecule has 0 aromatic rings. The Morgan fingerprint density at radius 3 is 2.38 bits per heavy atom. The van der Waals surface area contributed by atoms with Gasteiger partial charge in [-0.1, -0.05) is 20.8 Å². The van der Waals surface area contributed by atoms with Crippen molar-refractivity contribution in [3.8, 4) is 0 Å². The van der Waals surface area contributed by atoms with Crippen LogP contribution in [0.5, 0.6) is 0 Å². The molecule has 5 nitrogen and oxygen atoms in total. The molecule has 1 aliphatic heterocycles. The summed E-state index contributed by atoms with van der Waals surface area (Å²) in [5.74, 6) is 0.510.